The Bertz CT molecular complexity index is 300. The summed E-state index contributed by atoms with van der Waals surface area (Å²) in [7, 11) is 0. The van der Waals surface area contributed by atoms with Gasteiger partial charge in [0.05, 0.1) is 0 Å². The Morgan fingerprint density at radius 3 is 2.67 bits per heavy atom. The molecule has 1 aromatic rings. The first-order valence-electron chi connectivity index (χ1n) is 5.38. The van der Waals surface area contributed by atoms with Crippen LogP contribution < -0.4 is 5.32 Å². The summed E-state index contributed by atoms with van der Waals surface area (Å²) in [5.74, 6) is 0. The average molecular weight is 246 g/mol. The molecule has 0 atom stereocenters. The van der Waals surface area contributed by atoms with E-state index in [0.29, 0.717) is 5.02 Å². The van der Waals surface area contributed by atoms with Crippen LogP contribution in [0, 0.1) is 0 Å². The minimum atomic E-state index is 0.705. The summed E-state index contributed by atoms with van der Waals surface area (Å²) in [6, 6.07) is 5.72. The van der Waals surface area contributed by atoms with E-state index in [-0.39, 0.29) is 0 Å². The molecule has 84 valence electrons. The molecule has 3 heteroatoms. The maximum atomic E-state index is 6.07. The molecule has 1 nitrogen and oxygen atoms in total. The number of rotatable bonds is 6. The van der Waals surface area contributed by atoms with E-state index in [0.717, 1.165) is 31.0 Å². The second-order valence-corrected chi connectivity index (χ2v) is 4.39. The molecule has 0 saturated heterocycles. The number of nitrogens with one attached hydrogen (secondary N) is 1. The standard InChI is InChI=1S/C12H17Cl2N/c1-2-15-8-4-3-5-10-6-7-11(13)9-12(10)14/h6-7,9,15H,2-5,8H2,1H3. The van der Waals surface area contributed by atoms with E-state index in [1.807, 2.05) is 18.2 Å². The lowest BCUT2D eigenvalue weighted by Crippen LogP contribution is -2.13. The first-order chi connectivity index (χ1) is 7.24. The van der Waals surface area contributed by atoms with Crippen LogP contribution in [0.5, 0.6) is 0 Å². The Kier molecular flexibility index (Phi) is 6.07. The number of hydrogen-bond acceptors (Lipinski definition) is 1. The topological polar surface area (TPSA) is 12.0 Å². The molecule has 1 aromatic carbocycles. The summed E-state index contributed by atoms with van der Waals surface area (Å²) >= 11 is 11.9. The van der Waals surface area contributed by atoms with E-state index in [1.165, 1.54) is 12.0 Å². The third-order valence-corrected chi connectivity index (χ3v) is 2.90. The van der Waals surface area contributed by atoms with Gasteiger partial charge in [0.1, 0.15) is 0 Å². The van der Waals surface area contributed by atoms with Gasteiger partial charge in [-0.25, -0.2) is 0 Å². The second-order valence-electron chi connectivity index (χ2n) is 3.55. The molecule has 0 unspecified atom stereocenters. The zero-order valence-corrected chi connectivity index (χ0v) is 10.5. The lowest BCUT2D eigenvalue weighted by atomic mass is 10.1. The predicted molar refractivity (Wildman–Crippen MR) is 67.9 cm³/mol. The molecule has 1 N–H and O–H groups in total. The second kappa shape index (κ2) is 7.10. The highest BCUT2D eigenvalue weighted by atomic mass is 35.5. The van der Waals surface area contributed by atoms with Gasteiger partial charge < -0.3 is 5.32 Å². The normalized spacial score (nSPS) is 10.6. The van der Waals surface area contributed by atoms with Crippen molar-refractivity contribution in [2.75, 3.05) is 13.1 Å². The van der Waals surface area contributed by atoms with Gasteiger partial charge >= 0.3 is 0 Å². The van der Waals surface area contributed by atoms with Gasteiger partial charge in [-0.15, -0.1) is 0 Å². The number of benzene rings is 1. The lowest BCUT2D eigenvalue weighted by molar-refractivity contribution is 0.641. The van der Waals surface area contributed by atoms with Crippen LogP contribution in [0.2, 0.25) is 10.0 Å². The molecule has 0 heterocycles. The zero-order chi connectivity index (χ0) is 11.1. The van der Waals surface area contributed by atoms with Crippen LogP contribution in [-0.2, 0) is 6.42 Å². The molecule has 0 aliphatic rings. The monoisotopic (exact) mass is 245 g/mol. The molecule has 0 radical (unpaired) electrons. The van der Waals surface area contributed by atoms with E-state index in [2.05, 4.69) is 12.2 Å². The fourth-order valence-corrected chi connectivity index (χ4v) is 1.97. The van der Waals surface area contributed by atoms with Crippen molar-refractivity contribution in [3.63, 3.8) is 0 Å². The molecule has 0 amide bonds. The molecule has 0 saturated carbocycles. The van der Waals surface area contributed by atoms with Gasteiger partial charge in [-0.3, -0.25) is 0 Å². The molecule has 15 heavy (non-hydrogen) atoms. The van der Waals surface area contributed by atoms with Crippen molar-refractivity contribution in [3.8, 4) is 0 Å². The molecule has 0 aliphatic carbocycles. The smallest absolute Gasteiger partial charge is 0.0452 e. The van der Waals surface area contributed by atoms with Gasteiger partial charge in [0, 0.05) is 10.0 Å². The number of unbranched alkanes of at least 4 members (excludes halogenated alkanes) is 1. The number of halogens is 2. The fourth-order valence-electron chi connectivity index (χ4n) is 1.47. The minimum absolute atomic E-state index is 0.705. The number of hydrogen-bond donors (Lipinski definition) is 1. The van der Waals surface area contributed by atoms with Gasteiger partial charge in [-0.2, -0.15) is 0 Å². The van der Waals surface area contributed by atoms with Crippen molar-refractivity contribution in [2.24, 2.45) is 0 Å². The quantitative estimate of drug-likeness (QED) is 0.750. The highest BCUT2D eigenvalue weighted by Crippen LogP contribution is 2.22. The minimum Gasteiger partial charge on any atom is -0.317 e. The van der Waals surface area contributed by atoms with Crippen molar-refractivity contribution in [1.29, 1.82) is 0 Å². The predicted octanol–water partition coefficient (Wildman–Crippen LogP) is 3.93. The van der Waals surface area contributed by atoms with Crippen LogP contribution in [0.4, 0.5) is 0 Å². The molecular weight excluding hydrogens is 229 g/mol. The van der Waals surface area contributed by atoms with Gasteiger partial charge in [-0.05, 0) is 50.0 Å². The van der Waals surface area contributed by atoms with Gasteiger partial charge in [0.15, 0.2) is 0 Å². The van der Waals surface area contributed by atoms with E-state index >= 15 is 0 Å². The molecule has 0 aliphatic heterocycles. The largest absolute Gasteiger partial charge is 0.317 e. The fraction of sp³-hybridized carbons (Fsp3) is 0.500. The van der Waals surface area contributed by atoms with Crippen LogP contribution >= 0.6 is 23.2 Å². The summed E-state index contributed by atoms with van der Waals surface area (Å²) < 4.78 is 0. The maximum absolute atomic E-state index is 6.07. The van der Waals surface area contributed by atoms with Gasteiger partial charge in [-0.1, -0.05) is 36.2 Å². The molecule has 0 aromatic heterocycles. The van der Waals surface area contributed by atoms with Crippen LogP contribution in [-0.4, -0.2) is 13.1 Å². The van der Waals surface area contributed by atoms with Crippen molar-refractivity contribution in [2.45, 2.75) is 26.2 Å². The van der Waals surface area contributed by atoms with Crippen LogP contribution in [0.3, 0.4) is 0 Å². The van der Waals surface area contributed by atoms with Crippen molar-refractivity contribution in [1.82, 2.24) is 5.32 Å². The highest BCUT2D eigenvalue weighted by Gasteiger charge is 2.00. The zero-order valence-electron chi connectivity index (χ0n) is 9.02. The van der Waals surface area contributed by atoms with Gasteiger partial charge in [0.2, 0.25) is 0 Å². The van der Waals surface area contributed by atoms with E-state index in [1.54, 1.807) is 0 Å². The Morgan fingerprint density at radius 1 is 1.20 bits per heavy atom. The van der Waals surface area contributed by atoms with Crippen LogP contribution in [0.15, 0.2) is 18.2 Å². The van der Waals surface area contributed by atoms with E-state index < -0.39 is 0 Å². The third kappa shape index (κ3) is 4.87. The Morgan fingerprint density at radius 2 is 2.00 bits per heavy atom. The van der Waals surface area contributed by atoms with Crippen LogP contribution in [0.1, 0.15) is 25.3 Å². The third-order valence-electron chi connectivity index (χ3n) is 2.31. The van der Waals surface area contributed by atoms with Gasteiger partial charge in [0.25, 0.3) is 0 Å². The molecule has 0 bridgehead atoms. The maximum Gasteiger partial charge on any atom is 0.0452 e. The summed E-state index contributed by atoms with van der Waals surface area (Å²) in [6.45, 7) is 4.25. The van der Waals surface area contributed by atoms with Crippen molar-refractivity contribution >= 4 is 23.2 Å². The number of aryl methyl sites for hydroxylation is 1. The first kappa shape index (κ1) is 12.8. The average Bonchev–Trinajstić information content (AvgIpc) is 2.20. The van der Waals surface area contributed by atoms with E-state index in [4.69, 9.17) is 23.2 Å². The van der Waals surface area contributed by atoms with Crippen molar-refractivity contribution < 1.29 is 0 Å². The summed E-state index contributed by atoms with van der Waals surface area (Å²) in [5, 5.41) is 4.79. The molecule has 0 spiro atoms. The Hall–Kier alpha value is -0.240. The SMILES string of the molecule is CCNCCCCc1ccc(Cl)cc1Cl. The van der Waals surface area contributed by atoms with Crippen LogP contribution in [0.25, 0.3) is 0 Å². The lowest BCUT2D eigenvalue weighted by Gasteiger charge is -2.05. The Labute approximate surface area is 102 Å². The molecule has 1 rings (SSSR count). The Balaban J connectivity index is 2.31. The first-order valence-corrected chi connectivity index (χ1v) is 6.14. The molecular formula is C12H17Cl2N. The summed E-state index contributed by atoms with van der Waals surface area (Å²) in [4.78, 5) is 0. The van der Waals surface area contributed by atoms with Crippen molar-refractivity contribution in [3.05, 3.63) is 33.8 Å². The highest BCUT2D eigenvalue weighted by molar-refractivity contribution is 6.35. The summed E-state index contributed by atoms with van der Waals surface area (Å²) in [5.41, 5.74) is 1.19. The van der Waals surface area contributed by atoms with E-state index in [9.17, 15) is 0 Å². The summed E-state index contributed by atoms with van der Waals surface area (Å²) in [6.07, 6.45) is 3.38. The molecule has 0 fully saturated rings.